The van der Waals surface area contributed by atoms with Gasteiger partial charge in [0.05, 0.1) is 11.4 Å². The van der Waals surface area contributed by atoms with Crippen LogP contribution in [-0.4, -0.2) is 22.8 Å². The third-order valence-corrected chi connectivity index (χ3v) is 6.94. The Morgan fingerprint density at radius 1 is 1.18 bits per heavy atom. The van der Waals surface area contributed by atoms with Crippen LogP contribution in [0.4, 0.5) is 0 Å². The fourth-order valence-corrected chi connectivity index (χ4v) is 5.03. The highest BCUT2D eigenvalue weighted by Crippen LogP contribution is 2.34. The normalized spacial score (nSPS) is 15.6. The summed E-state index contributed by atoms with van der Waals surface area (Å²) < 4.78 is 5.86. The van der Waals surface area contributed by atoms with Crippen LogP contribution in [0.2, 0.25) is 0 Å². The predicted octanol–water partition coefficient (Wildman–Crippen LogP) is 5.90. The van der Waals surface area contributed by atoms with E-state index in [2.05, 4.69) is 41.6 Å². The molecule has 3 aromatic rings. The molecule has 1 aliphatic carbocycles. The van der Waals surface area contributed by atoms with Gasteiger partial charge < -0.3 is 4.42 Å². The monoisotopic (exact) mass is 409 g/mol. The van der Waals surface area contributed by atoms with Crippen molar-refractivity contribution in [1.29, 1.82) is 0 Å². The molecule has 28 heavy (non-hydrogen) atoms. The second kappa shape index (κ2) is 8.58. The zero-order valence-electron chi connectivity index (χ0n) is 16.1. The molecule has 1 atom stereocenters. The minimum Gasteiger partial charge on any atom is -0.441 e. The molecule has 2 aromatic carbocycles. The number of fused-ring (bicyclic) bond motifs is 1. The maximum atomic E-state index is 12.7. The van der Waals surface area contributed by atoms with E-state index in [1.54, 1.807) is 23.5 Å². The highest BCUT2D eigenvalue weighted by Gasteiger charge is 2.27. The van der Waals surface area contributed by atoms with Crippen molar-refractivity contribution in [3.8, 4) is 11.5 Å². The summed E-state index contributed by atoms with van der Waals surface area (Å²) in [5.41, 5.74) is 4.46. The second-order valence-corrected chi connectivity index (χ2v) is 8.86. The first-order valence-corrected chi connectivity index (χ1v) is 11.8. The Kier molecular flexibility index (Phi) is 5.93. The van der Waals surface area contributed by atoms with Gasteiger partial charge in [0.25, 0.3) is 0 Å². The van der Waals surface area contributed by atoms with Gasteiger partial charge in [0.15, 0.2) is 0 Å². The molecule has 144 valence electrons. The third kappa shape index (κ3) is 4.06. The molecule has 0 radical (unpaired) electrons. The number of thioether (sulfide) groups is 2. The van der Waals surface area contributed by atoms with Crippen molar-refractivity contribution in [2.75, 3.05) is 12.0 Å². The summed E-state index contributed by atoms with van der Waals surface area (Å²) in [7, 11) is 0. The van der Waals surface area contributed by atoms with Gasteiger partial charge in [-0.15, -0.1) is 23.5 Å². The SMILES string of the molecule is CSc1ccc(-c2nc(CSCC(=O)C3CCc4ccccc43)c(C)o2)cc1. The highest BCUT2D eigenvalue weighted by molar-refractivity contribution is 7.99. The van der Waals surface area contributed by atoms with Gasteiger partial charge in [-0.05, 0) is 61.4 Å². The number of hydrogen-bond acceptors (Lipinski definition) is 5. The topological polar surface area (TPSA) is 43.1 Å². The van der Waals surface area contributed by atoms with E-state index >= 15 is 0 Å². The average Bonchev–Trinajstić information content (AvgIpc) is 3.32. The first-order valence-electron chi connectivity index (χ1n) is 9.44. The number of Topliss-reactive ketones (excluding diaryl/α,β-unsaturated/α-hetero) is 1. The Morgan fingerprint density at radius 3 is 2.75 bits per heavy atom. The van der Waals surface area contributed by atoms with Crippen LogP contribution in [-0.2, 0) is 17.0 Å². The van der Waals surface area contributed by atoms with Gasteiger partial charge in [0.2, 0.25) is 5.89 Å². The Bertz CT molecular complexity index is 979. The van der Waals surface area contributed by atoms with E-state index in [1.165, 1.54) is 16.0 Å². The van der Waals surface area contributed by atoms with E-state index in [4.69, 9.17) is 4.42 Å². The number of carbonyl (C=O) groups excluding carboxylic acids is 1. The summed E-state index contributed by atoms with van der Waals surface area (Å²) in [6.07, 6.45) is 4.02. The molecule has 0 aliphatic heterocycles. The number of benzene rings is 2. The van der Waals surface area contributed by atoms with E-state index in [0.717, 1.165) is 29.9 Å². The van der Waals surface area contributed by atoms with Crippen LogP contribution in [0, 0.1) is 6.92 Å². The summed E-state index contributed by atoms with van der Waals surface area (Å²) in [4.78, 5) is 18.6. The smallest absolute Gasteiger partial charge is 0.226 e. The largest absolute Gasteiger partial charge is 0.441 e. The Balaban J connectivity index is 1.36. The van der Waals surface area contributed by atoms with E-state index < -0.39 is 0 Å². The van der Waals surface area contributed by atoms with E-state index in [1.807, 2.05) is 25.1 Å². The lowest BCUT2D eigenvalue weighted by Gasteiger charge is -2.09. The van der Waals surface area contributed by atoms with Crippen LogP contribution in [0.1, 0.15) is 34.9 Å². The minimum absolute atomic E-state index is 0.0626. The Labute approximate surface area is 174 Å². The fraction of sp³-hybridized carbons (Fsp3) is 0.304. The molecular weight excluding hydrogens is 386 g/mol. The average molecular weight is 410 g/mol. The van der Waals surface area contributed by atoms with Gasteiger partial charge in [-0.3, -0.25) is 4.79 Å². The number of ketones is 1. The molecule has 0 saturated heterocycles. The maximum Gasteiger partial charge on any atom is 0.226 e. The molecule has 1 aliphatic rings. The third-order valence-electron chi connectivity index (χ3n) is 5.23. The van der Waals surface area contributed by atoms with Gasteiger partial charge in [-0.25, -0.2) is 4.98 Å². The van der Waals surface area contributed by atoms with Crippen LogP contribution in [0.25, 0.3) is 11.5 Å². The first kappa shape index (κ1) is 19.3. The second-order valence-electron chi connectivity index (χ2n) is 7.00. The van der Waals surface area contributed by atoms with E-state index in [9.17, 15) is 4.79 Å². The van der Waals surface area contributed by atoms with Crippen molar-refractivity contribution >= 4 is 29.3 Å². The van der Waals surface area contributed by atoms with Crippen molar-refractivity contribution in [3.05, 3.63) is 71.1 Å². The number of nitrogens with zero attached hydrogens (tertiary/aromatic N) is 1. The van der Waals surface area contributed by atoms with Crippen molar-refractivity contribution in [2.24, 2.45) is 0 Å². The lowest BCUT2D eigenvalue weighted by Crippen LogP contribution is -2.12. The first-order chi connectivity index (χ1) is 13.7. The summed E-state index contributed by atoms with van der Waals surface area (Å²) >= 11 is 3.34. The molecule has 0 amide bonds. The zero-order chi connectivity index (χ0) is 19.5. The van der Waals surface area contributed by atoms with Crippen molar-refractivity contribution < 1.29 is 9.21 Å². The van der Waals surface area contributed by atoms with Crippen LogP contribution in [0.5, 0.6) is 0 Å². The van der Waals surface area contributed by atoms with Crippen molar-refractivity contribution in [3.63, 3.8) is 0 Å². The summed E-state index contributed by atoms with van der Waals surface area (Å²) in [5.74, 6) is 3.07. The quantitative estimate of drug-likeness (QED) is 0.454. The predicted molar refractivity (Wildman–Crippen MR) is 117 cm³/mol. The number of aryl methyl sites for hydroxylation is 2. The molecular formula is C23H23NO2S2. The summed E-state index contributed by atoms with van der Waals surface area (Å²) in [6.45, 7) is 1.94. The highest BCUT2D eigenvalue weighted by atomic mass is 32.2. The number of carbonyl (C=O) groups is 1. The zero-order valence-corrected chi connectivity index (χ0v) is 17.7. The molecule has 0 fully saturated rings. The van der Waals surface area contributed by atoms with Crippen molar-refractivity contribution in [1.82, 2.24) is 4.98 Å². The van der Waals surface area contributed by atoms with Gasteiger partial charge in [0.1, 0.15) is 11.5 Å². The van der Waals surface area contributed by atoms with E-state index in [-0.39, 0.29) is 5.92 Å². The molecule has 3 nitrogen and oxygen atoms in total. The molecule has 5 heteroatoms. The number of aromatic nitrogens is 1. The molecule has 1 heterocycles. The van der Waals surface area contributed by atoms with Gasteiger partial charge in [-0.1, -0.05) is 24.3 Å². The molecule has 0 N–H and O–H groups in total. The van der Waals surface area contributed by atoms with Gasteiger partial charge >= 0.3 is 0 Å². The van der Waals surface area contributed by atoms with Gasteiger partial charge in [-0.2, -0.15) is 0 Å². The molecule has 1 aromatic heterocycles. The van der Waals surface area contributed by atoms with Crippen LogP contribution >= 0.6 is 23.5 Å². The number of hydrogen-bond donors (Lipinski definition) is 0. The molecule has 4 rings (SSSR count). The molecule has 0 bridgehead atoms. The van der Waals surface area contributed by atoms with Gasteiger partial charge in [0, 0.05) is 22.1 Å². The van der Waals surface area contributed by atoms with Crippen LogP contribution < -0.4 is 0 Å². The summed E-state index contributed by atoms with van der Waals surface area (Å²) in [5, 5.41) is 0. The number of rotatable bonds is 7. The fourth-order valence-electron chi connectivity index (χ4n) is 3.66. The molecule has 0 spiro atoms. The van der Waals surface area contributed by atoms with Crippen LogP contribution in [0.3, 0.4) is 0 Å². The van der Waals surface area contributed by atoms with Crippen molar-refractivity contribution in [2.45, 2.75) is 36.3 Å². The summed E-state index contributed by atoms with van der Waals surface area (Å²) in [6, 6.07) is 16.6. The molecule has 1 unspecified atom stereocenters. The lowest BCUT2D eigenvalue weighted by atomic mass is 9.98. The van der Waals surface area contributed by atoms with Crippen LogP contribution in [0.15, 0.2) is 57.8 Å². The maximum absolute atomic E-state index is 12.7. The van der Waals surface area contributed by atoms with E-state index in [0.29, 0.717) is 23.2 Å². The Hall–Kier alpha value is -1.98. The molecule has 0 saturated carbocycles. The number of oxazole rings is 1. The minimum atomic E-state index is 0.0626. The Morgan fingerprint density at radius 2 is 1.96 bits per heavy atom. The standard InChI is InChI=1S/C23H23NO2S2/c1-15-21(24-23(26-15)17-7-10-18(27-2)11-8-17)13-28-14-22(25)20-12-9-16-5-3-4-6-19(16)20/h3-8,10-11,20H,9,12-14H2,1-2H3. The lowest BCUT2D eigenvalue weighted by molar-refractivity contribution is -0.117.